The first kappa shape index (κ1) is 10.2. The van der Waals surface area contributed by atoms with Crippen molar-refractivity contribution >= 4 is 0 Å². The van der Waals surface area contributed by atoms with Gasteiger partial charge in [0.1, 0.15) is 13.2 Å². The Morgan fingerprint density at radius 1 is 1.29 bits per heavy atom. The molecule has 0 bridgehead atoms. The van der Waals surface area contributed by atoms with Crippen molar-refractivity contribution in [2.24, 2.45) is 0 Å². The molecule has 0 saturated heterocycles. The molecule has 0 aliphatic carbocycles. The minimum atomic E-state index is 0.245. The molecule has 1 rings (SSSR count). The Bertz CT molecular complexity index is 336. The Labute approximate surface area is 84.2 Å². The maximum absolute atomic E-state index is 5.37. The van der Waals surface area contributed by atoms with Crippen molar-refractivity contribution in [3.63, 3.8) is 0 Å². The topological polar surface area (TPSA) is 18.5 Å². The number of para-hydroxylation sites is 2. The molecule has 0 amide bonds. The SMILES string of the molecule is C#CCOc1ccccc1OCC=C. The predicted molar refractivity (Wildman–Crippen MR) is 56.5 cm³/mol. The van der Waals surface area contributed by atoms with Crippen molar-refractivity contribution in [2.75, 3.05) is 13.2 Å². The highest BCUT2D eigenvalue weighted by Crippen LogP contribution is 2.26. The lowest BCUT2D eigenvalue weighted by Gasteiger charge is -2.09. The third kappa shape index (κ3) is 2.87. The van der Waals surface area contributed by atoms with Gasteiger partial charge >= 0.3 is 0 Å². The molecule has 0 saturated carbocycles. The molecule has 0 aliphatic rings. The van der Waals surface area contributed by atoms with Gasteiger partial charge in [0.2, 0.25) is 0 Å². The van der Waals surface area contributed by atoms with E-state index in [4.69, 9.17) is 15.9 Å². The zero-order valence-electron chi connectivity index (χ0n) is 7.90. The minimum Gasteiger partial charge on any atom is -0.486 e. The Morgan fingerprint density at radius 2 is 1.93 bits per heavy atom. The Hall–Kier alpha value is -1.88. The lowest BCUT2D eigenvalue weighted by molar-refractivity contribution is 0.311. The average molecular weight is 188 g/mol. The van der Waals surface area contributed by atoms with E-state index in [-0.39, 0.29) is 6.61 Å². The largest absolute Gasteiger partial charge is 0.486 e. The molecule has 0 aliphatic heterocycles. The van der Waals surface area contributed by atoms with Gasteiger partial charge in [0, 0.05) is 0 Å². The van der Waals surface area contributed by atoms with E-state index in [1.54, 1.807) is 6.08 Å². The highest BCUT2D eigenvalue weighted by Gasteiger charge is 2.01. The van der Waals surface area contributed by atoms with Crippen LogP contribution in [-0.2, 0) is 0 Å². The predicted octanol–water partition coefficient (Wildman–Crippen LogP) is 2.26. The molecular formula is C12H12O2. The number of hydrogen-bond donors (Lipinski definition) is 0. The lowest BCUT2D eigenvalue weighted by atomic mass is 10.3. The normalized spacial score (nSPS) is 8.79. The highest BCUT2D eigenvalue weighted by molar-refractivity contribution is 5.39. The van der Waals surface area contributed by atoms with E-state index in [2.05, 4.69) is 12.5 Å². The second-order valence-corrected chi connectivity index (χ2v) is 2.54. The summed E-state index contributed by atoms with van der Waals surface area (Å²) in [5.74, 6) is 3.74. The quantitative estimate of drug-likeness (QED) is 0.521. The average Bonchev–Trinajstić information content (AvgIpc) is 2.24. The fraction of sp³-hybridized carbons (Fsp3) is 0.167. The summed E-state index contributed by atoms with van der Waals surface area (Å²) in [6.45, 7) is 4.27. The van der Waals surface area contributed by atoms with Crippen LogP contribution in [0.1, 0.15) is 0 Å². The maximum atomic E-state index is 5.37. The van der Waals surface area contributed by atoms with Gasteiger partial charge in [-0.05, 0) is 12.1 Å². The van der Waals surface area contributed by atoms with Crippen molar-refractivity contribution in [2.45, 2.75) is 0 Å². The third-order valence-corrected chi connectivity index (χ3v) is 1.52. The lowest BCUT2D eigenvalue weighted by Crippen LogP contribution is -1.99. The van der Waals surface area contributed by atoms with Crippen LogP contribution in [-0.4, -0.2) is 13.2 Å². The van der Waals surface area contributed by atoms with Crippen molar-refractivity contribution in [1.29, 1.82) is 0 Å². The molecular weight excluding hydrogens is 176 g/mol. The van der Waals surface area contributed by atoms with Gasteiger partial charge in [0.15, 0.2) is 11.5 Å². The van der Waals surface area contributed by atoms with Gasteiger partial charge in [0.25, 0.3) is 0 Å². The van der Waals surface area contributed by atoms with Crippen molar-refractivity contribution in [3.8, 4) is 23.8 Å². The van der Waals surface area contributed by atoms with Crippen LogP contribution in [0.2, 0.25) is 0 Å². The third-order valence-electron chi connectivity index (χ3n) is 1.52. The van der Waals surface area contributed by atoms with Gasteiger partial charge in [-0.3, -0.25) is 0 Å². The molecule has 2 heteroatoms. The summed E-state index contributed by atoms with van der Waals surface area (Å²) >= 11 is 0. The maximum Gasteiger partial charge on any atom is 0.162 e. The molecule has 0 atom stereocenters. The smallest absolute Gasteiger partial charge is 0.162 e. The van der Waals surface area contributed by atoms with Crippen molar-refractivity contribution in [3.05, 3.63) is 36.9 Å². The van der Waals surface area contributed by atoms with Crippen molar-refractivity contribution in [1.82, 2.24) is 0 Å². The van der Waals surface area contributed by atoms with Crippen LogP contribution >= 0.6 is 0 Å². The van der Waals surface area contributed by atoms with Crippen LogP contribution < -0.4 is 9.47 Å². The zero-order chi connectivity index (χ0) is 10.2. The molecule has 0 unspecified atom stereocenters. The summed E-state index contributed by atoms with van der Waals surface area (Å²) in [7, 11) is 0. The molecule has 0 N–H and O–H groups in total. The summed E-state index contributed by atoms with van der Waals surface area (Å²) < 4.78 is 10.7. The van der Waals surface area contributed by atoms with E-state index in [0.717, 1.165) is 0 Å². The van der Waals surface area contributed by atoms with Gasteiger partial charge in [-0.1, -0.05) is 30.7 Å². The minimum absolute atomic E-state index is 0.245. The summed E-state index contributed by atoms with van der Waals surface area (Å²) in [6.07, 6.45) is 6.77. The molecule has 0 heterocycles. The van der Waals surface area contributed by atoms with Crippen LogP contribution in [0.4, 0.5) is 0 Å². The van der Waals surface area contributed by atoms with Crippen LogP contribution in [0.3, 0.4) is 0 Å². The molecule has 0 aromatic heterocycles. The molecule has 0 radical (unpaired) electrons. The zero-order valence-corrected chi connectivity index (χ0v) is 7.90. The monoisotopic (exact) mass is 188 g/mol. The first-order valence-electron chi connectivity index (χ1n) is 4.27. The molecule has 1 aromatic carbocycles. The van der Waals surface area contributed by atoms with Crippen molar-refractivity contribution < 1.29 is 9.47 Å². The van der Waals surface area contributed by atoms with Gasteiger partial charge < -0.3 is 9.47 Å². The van der Waals surface area contributed by atoms with E-state index in [9.17, 15) is 0 Å². The summed E-state index contributed by atoms with van der Waals surface area (Å²) in [6, 6.07) is 7.39. The molecule has 1 aromatic rings. The fourth-order valence-corrected chi connectivity index (χ4v) is 0.957. The van der Waals surface area contributed by atoms with E-state index in [1.165, 1.54) is 0 Å². The van der Waals surface area contributed by atoms with E-state index >= 15 is 0 Å². The Morgan fingerprint density at radius 3 is 2.50 bits per heavy atom. The van der Waals surface area contributed by atoms with Crippen LogP contribution in [0, 0.1) is 12.3 Å². The number of ether oxygens (including phenoxy) is 2. The number of terminal acetylenes is 1. The highest BCUT2D eigenvalue weighted by atomic mass is 16.5. The van der Waals surface area contributed by atoms with Gasteiger partial charge in [0.05, 0.1) is 0 Å². The molecule has 0 fully saturated rings. The summed E-state index contributed by atoms with van der Waals surface area (Å²) in [5.41, 5.74) is 0. The van der Waals surface area contributed by atoms with E-state index < -0.39 is 0 Å². The van der Waals surface area contributed by atoms with Gasteiger partial charge in [-0.25, -0.2) is 0 Å². The second kappa shape index (κ2) is 5.71. The fourth-order valence-electron chi connectivity index (χ4n) is 0.957. The molecule has 2 nitrogen and oxygen atoms in total. The second-order valence-electron chi connectivity index (χ2n) is 2.54. The Balaban J connectivity index is 2.70. The number of benzene rings is 1. The van der Waals surface area contributed by atoms with Crippen LogP contribution in [0.15, 0.2) is 36.9 Å². The molecule has 14 heavy (non-hydrogen) atoms. The number of hydrogen-bond acceptors (Lipinski definition) is 2. The number of rotatable bonds is 5. The van der Waals surface area contributed by atoms with Crippen LogP contribution in [0.5, 0.6) is 11.5 Å². The van der Waals surface area contributed by atoms with Gasteiger partial charge in [-0.2, -0.15) is 0 Å². The van der Waals surface area contributed by atoms with Gasteiger partial charge in [-0.15, -0.1) is 6.42 Å². The standard InChI is InChI=1S/C12H12O2/c1-3-9-13-11-7-5-6-8-12(11)14-10-4-2/h1,4-8H,2,9-10H2. The Kier molecular flexibility index (Phi) is 4.16. The van der Waals surface area contributed by atoms with E-state index in [0.29, 0.717) is 18.1 Å². The molecule has 72 valence electrons. The van der Waals surface area contributed by atoms with Crippen LogP contribution in [0.25, 0.3) is 0 Å². The summed E-state index contributed by atoms with van der Waals surface area (Å²) in [5, 5.41) is 0. The summed E-state index contributed by atoms with van der Waals surface area (Å²) in [4.78, 5) is 0. The first-order chi connectivity index (χ1) is 6.88. The molecule has 0 spiro atoms. The first-order valence-corrected chi connectivity index (χ1v) is 4.27. The van der Waals surface area contributed by atoms with E-state index in [1.807, 2.05) is 24.3 Å².